The van der Waals surface area contributed by atoms with E-state index in [0.717, 1.165) is 11.1 Å². The number of halogens is 1. The van der Waals surface area contributed by atoms with Crippen molar-refractivity contribution in [3.05, 3.63) is 60.4 Å². The first kappa shape index (κ1) is 7.99. The van der Waals surface area contributed by atoms with Crippen LogP contribution in [0.25, 0.3) is 11.1 Å². The zero-order valence-corrected chi connectivity index (χ0v) is 7.00. The fourth-order valence-corrected chi connectivity index (χ4v) is 1.22. The van der Waals surface area contributed by atoms with E-state index in [1.54, 1.807) is 12.1 Å². The molecule has 13 heavy (non-hydrogen) atoms. The third-order valence-electron chi connectivity index (χ3n) is 1.90. The van der Waals surface area contributed by atoms with Crippen molar-refractivity contribution in [2.24, 2.45) is 0 Å². The third-order valence-corrected chi connectivity index (χ3v) is 1.90. The van der Waals surface area contributed by atoms with Gasteiger partial charge < -0.3 is 0 Å². The fourth-order valence-electron chi connectivity index (χ4n) is 1.22. The Labute approximate surface area is 76.7 Å². The molecule has 0 unspecified atom stereocenters. The summed E-state index contributed by atoms with van der Waals surface area (Å²) in [5.74, 6) is -0.203. The van der Waals surface area contributed by atoms with Gasteiger partial charge in [-0.05, 0) is 29.3 Å². The van der Waals surface area contributed by atoms with E-state index in [9.17, 15) is 4.39 Å². The van der Waals surface area contributed by atoms with E-state index in [4.69, 9.17) is 0 Å². The molecule has 0 aromatic heterocycles. The lowest BCUT2D eigenvalue weighted by molar-refractivity contribution is 0.628. The molecule has 0 spiro atoms. The Morgan fingerprint density at radius 3 is 1.92 bits per heavy atom. The van der Waals surface area contributed by atoms with E-state index >= 15 is 0 Å². The monoisotopic (exact) mass is 171 g/mol. The van der Waals surface area contributed by atoms with Crippen LogP contribution in [0.3, 0.4) is 0 Å². The molecule has 0 heterocycles. The summed E-state index contributed by atoms with van der Waals surface area (Å²) in [6.07, 6.45) is 0. The molecule has 0 atom stereocenters. The number of hydrogen-bond donors (Lipinski definition) is 0. The van der Waals surface area contributed by atoms with Crippen molar-refractivity contribution in [3.8, 4) is 11.1 Å². The molecule has 0 amide bonds. The Bertz CT molecular complexity index is 376. The Hall–Kier alpha value is -1.63. The molecule has 0 fully saturated rings. The lowest BCUT2D eigenvalue weighted by Gasteiger charge is -1.99. The number of hydrogen-bond acceptors (Lipinski definition) is 0. The summed E-state index contributed by atoms with van der Waals surface area (Å²) in [4.78, 5) is 0. The minimum absolute atomic E-state index is 0.203. The molecular formula is C12H8F. The Kier molecular flexibility index (Phi) is 2.09. The van der Waals surface area contributed by atoms with E-state index in [1.165, 1.54) is 12.1 Å². The SMILES string of the molecule is Fc1ccc(-c2cc[c]cc2)cc1. The van der Waals surface area contributed by atoms with E-state index in [1.807, 2.05) is 24.3 Å². The lowest BCUT2D eigenvalue weighted by Crippen LogP contribution is -1.77. The maximum absolute atomic E-state index is 12.6. The van der Waals surface area contributed by atoms with Crippen molar-refractivity contribution >= 4 is 0 Å². The van der Waals surface area contributed by atoms with Crippen molar-refractivity contribution in [2.75, 3.05) is 0 Å². The van der Waals surface area contributed by atoms with Crippen LogP contribution in [0.4, 0.5) is 4.39 Å². The molecule has 0 nitrogen and oxygen atoms in total. The van der Waals surface area contributed by atoms with E-state index in [2.05, 4.69) is 6.07 Å². The molecule has 0 bridgehead atoms. The average molecular weight is 171 g/mol. The smallest absolute Gasteiger partial charge is 0.123 e. The number of rotatable bonds is 1. The van der Waals surface area contributed by atoms with E-state index in [0.29, 0.717) is 0 Å². The molecule has 0 saturated heterocycles. The fraction of sp³-hybridized carbons (Fsp3) is 0. The highest BCUT2D eigenvalue weighted by Crippen LogP contribution is 2.18. The second-order valence-electron chi connectivity index (χ2n) is 2.80. The van der Waals surface area contributed by atoms with Crippen LogP contribution in [0.1, 0.15) is 0 Å². The lowest BCUT2D eigenvalue weighted by atomic mass is 10.1. The van der Waals surface area contributed by atoms with Crippen LogP contribution in [0.2, 0.25) is 0 Å². The highest BCUT2D eigenvalue weighted by atomic mass is 19.1. The second kappa shape index (κ2) is 3.40. The van der Waals surface area contributed by atoms with Crippen molar-refractivity contribution in [1.29, 1.82) is 0 Å². The largest absolute Gasteiger partial charge is 0.207 e. The van der Waals surface area contributed by atoms with Crippen LogP contribution < -0.4 is 0 Å². The van der Waals surface area contributed by atoms with Gasteiger partial charge in [-0.2, -0.15) is 0 Å². The van der Waals surface area contributed by atoms with Gasteiger partial charge in [-0.3, -0.25) is 0 Å². The zero-order valence-electron chi connectivity index (χ0n) is 7.00. The van der Waals surface area contributed by atoms with Crippen LogP contribution in [0, 0.1) is 11.9 Å². The standard InChI is InChI=1S/C12H8F/c13-12-8-6-11(7-9-12)10-4-2-1-3-5-10/h2-9H. The first-order valence-corrected chi connectivity index (χ1v) is 4.08. The van der Waals surface area contributed by atoms with E-state index in [-0.39, 0.29) is 5.82 Å². The molecular weight excluding hydrogens is 163 g/mol. The molecule has 2 aromatic carbocycles. The van der Waals surface area contributed by atoms with Crippen molar-refractivity contribution in [2.45, 2.75) is 0 Å². The highest BCUT2D eigenvalue weighted by Gasteiger charge is 1.95. The Balaban J connectivity index is 2.42. The summed E-state index contributed by atoms with van der Waals surface area (Å²) in [6, 6.07) is 17.0. The first-order chi connectivity index (χ1) is 6.36. The quantitative estimate of drug-likeness (QED) is 0.617. The van der Waals surface area contributed by atoms with Crippen LogP contribution in [-0.2, 0) is 0 Å². The molecule has 0 aliphatic rings. The van der Waals surface area contributed by atoms with Crippen LogP contribution >= 0.6 is 0 Å². The van der Waals surface area contributed by atoms with Gasteiger partial charge in [0, 0.05) is 0 Å². The Morgan fingerprint density at radius 2 is 1.31 bits per heavy atom. The van der Waals surface area contributed by atoms with Crippen molar-refractivity contribution in [3.63, 3.8) is 0 Å². The van der Waals surface area contributed by atoms with Crippen molar-refractivity contribution in [1.82, 2.24) is 0 Å². The number of benzene rings is 2. The molecule has 0 saturated carbocycles. The third kappa shape index (κ3) is 1.75. The van der Waals surface area contributed by atoms with Gasteiger partial charge in [0.2, 0.25) is 0 Å². The molecule has 2 rings (SSSR count). The van der Waals surface area contributed by atoms with Crippen LogP contribution in [-0.4, -0.2) is 0 Å². The minimum atomic E-state index is -0.203. The van der Waals surface area contributed by atoms with Gasteiger partial charge in [-0.15, -0.1) is 0 Å². The summed E-state index contributed by atoms with van der Waals surface area (Å²) in [7, 11) is 0. The molecule has 0 N–H and O–H groups in total. The minimum Gasteiger partial charge on any atom is -0.207 e. The summed E-state index contributed by atoms with van der Waals surface area (Å²) in [5.41, 5.74) is 2.11. The van der Waals surface area contributed by atoms with E-state index < -0.39 is 0 Å². The molecule has 2 aromatic rings. The first-order valence-electron chi connectivity index (χ1n) is 4.08. The molecule has 0 aliphatic heterocycles. The van der Waals surface area contributed by atoms with Gasteiger partial charge in [0.15, 0.2) is 0 Å². The Morgan fingerprint density at radius 1 is 0.769 bits per heavy atom. The molecule has 1 radical (unpaired) electrons. The maximum atomic E-state index is 12.6. The van der Waals surface area contributed by atoms with Crippen molar-refractivity contribution < 1.29 is 4.39 Å². The summed E-state index contributed by atoms with van der Waals surface area (Å²) >= 11 is 0. The molecule has 0 aliphatic carbocycles. The highest BCUT2D eigenvalue weighted by molar-refractivity contribution is 5.62. The van der Waals surface area contributed by atoms with Gasteiger partial charge in [-0.25, -0.2) is 4.39 Å². The van der Waals surface area contributed by atoms with Crippen LogP contribution in [0.5, 0.6) is 0 Å². The maximum Gasteiger partial charge on any atom is 0.123 e. The molecule has 63 valence electrons. The summed E-state index contributed by atoms with van der Waals surface area (Å²) < 4.78 is 12.6. The van der Waals surface area contributed by atoms with Gasteiger partial charge in [0.25, 0.3) is 0 Å². The summed E-state index contributed by atoms with van der Waals surface area (Å²) in [5, 5.41) is 0. The predicted octanol–water partition coefficient (Wildman–Crippen LogP) is 3.29. The zero-order chi connectivity index (χ0) is 9.10. The van der Waals surface area contributed by atoms with Gasteiger partial charge in [0.05, 0.1) is 0 Å². The van der Waals surface area contributed by atoms with Crippen LogP contribution in [0.15, 0.2) is 48.5 Å². The predicted molar refractivity (Wildman–Crippen MR) is 50.7 cm³/mol. The van der Waals surface area contributed by atoms with Gasteiger partial charge in [-0.1, -0.05) is 36.4 Å². The average Bonchev–Trinajstić information content (AvgIpc) is 2.20. The van der Waals surface area contributed by atoms with Gasteiger partial charge in [0.1, 0.15) is 5.82 Å². The second-order valence-corrected chi connectivity index (χ2v) is 2.80. The normalized spacial score (nSPS) is 9.92. The molecule has 1 heteroatoms. The summed E-state index contributed by atoms with van der Waals surface area (Å²) in [6.45, 7) is 0. The van der Waals surface area contributed by atoms with Gasteiger partial charge >= 0.3 is 0 Å². The topological polar surface area (TPSA) is 0 Å².